The summed E-state index contributed by atoms with van der Waals surface area (Å²) in [4.78, 5) is 13.6. The average molecular weight is 299 g/mol. The van der Waals surface area contributed by atoms with Crippen LogP contribution < -0.4 is 0 Å². The van der Waals surface area contributed by atoms with E-state index in [9.17, 15) is 4.79 Å². The normalized spacial score (nSPS) is 19.2. The van der Waals surface area contributed by atoms with Crippen LogP contribution in [0.1, 0.15) is 40.2 Å². The number of benzene rings is 1. The van der Waals surface area contributed by atoms with Crippen molar-refractivity contribution in [2.24, 2.45) is 7.05 Å². The van der Waals surface area contributed by atoms with E-state index in [1.165, 1.54) is 5.56 Å². The number of carbonyl (C=O) groups is 1. The third-order valence-corrected chi connectivity index (χ3v) is 4.28. The minimum Gasteiger partial charge on any atom is -0.478 e. The molecule has 1 fully saturated rings. The van der Waals surface area contributed by atoms with Gasteiger partial charge in [0, 0.05) is 31.9 Å². The van der Waals surface area contributed by atoms with Gasteiger partial charge in [-0.1, -0.05) is 12.1 Å². The molecular formula is C17H21N3O2. The molecule has 1 atom stereocenters. The molecule has 0 radical (unpaired) electrons. The van der Waals surface area contributed by atoms with Crippen LogP contribution in [0.25, 0.3) is 0 Å². The number of aryl methyl sites for hydroxylation is 1. The molecule has 116 valence electrons. The lowest BCUT2D eigenvalue weighted by molar-refractivity contribution is 0.0696. The first kappa shape index (κ1) is 14.8. The van der Waals surface area contributed by atoms with Gasteiger partial charge < -0.3 is 5.11 Å². The first-order valence-electron chi connectivity index (χ1n) is 7.65. The predicted molar refractivity (Wildman–Crippen MR) is 83.9 cm³/mol. The maximum absolute atomic E-state index is 11.1. The van der Waals surface area contributed by atoms with E-state index in [1.807, 2.05) is 36.1 Å². The van der Waals surface area contributed by atoms with Crippen molar-refractivity contribution < 1.29 is 9.90 Å². The number of rotatable bonds is 4. The van der Waals surface area contributed by atoms with Crippen LogP contribution in [0.2, 0.25) is 0 Å². The highest BCUT2D eigenvalue weighted by Gasteiger charge is 2.22. The summed E-state index contributed by atoms with van der Waals surface area (Å²) >= 11 is 0. The zero-order valence-corrected chi connectivity index (χ0v) is 12.8. The van der Waals surface area contributed by atoms with E-state index in [0.717, 1.165) is 38.0 Å². The van der Waals surface area contributed by atoms with E-state index >= 15 is 0 Å². The molecule has 0 spiro atoms. The molecule has 1 saturated heterocycles. The average Bonchev–Trinajstić information content (AvgIpc) is 2.93. The van der Waals surface area contributed by atoms with E-state index in [1.54, 1.807) is 6.07 Å². The lowest BCUT2D eigenvalue weighted by Crippen LogP contribution is -2.33. The monoisotopic (exact) mass is 299 g/mol. The van der Waals surface area contributed by atoms with Crippen LogP contribution >= 0.6 is 0 Å². The SMILES string of the molecule is Cn1cc(CN2CCCC(c3cccc(C(=O)O)c3)C2)cn1. The molecule has 2 heterocycles. The third-order valence-electron chi connectivity index (χ3n) is 4.28. The number of likely N-dealkylation sites (tertiary alicyclic amines) is 1. The highest BCUT2D eigenvalue weighted by Crippen LogP contribution is 2.28. The van der Waals surface area contributed by atoms with Crippen LogP contribution in [0.15, 0.2) is 36.7 Å². The summed E-state index contributed by atoms with van der Waals surface area (Å²) in [7, 11) is 1.93. The molecule has 2 aromatic rings. The van der Waals surface area contributed by atoms with Gasteiger partial charge in [-0.2, -0.15) is 5.10 Å². The molecule has 1 aliphatic rings. The van der Waals surface area contributed by atoms with Gasteiger partial charge in [-0.15, -0.1) is 0 Å². The van der Waals surface area contributed by atoms with Gasteiger partial charge in [0.25, 0.3) is 0 Å². The second-order valence-corrected chi connectivity index (χ2v) is 6.03. The summed E-state index contributed by atoms with van der Waals surface area (Å²) in [6.45, 7) is 2.96. The molecule has 1 aromatic carbocycles. The van der Waals surface area contributed by atoms with Gasteiger partial charge in [0.05, 0.1) is 11.8 Å². The summed E-state index contributed by atoms with van der Waals surface area (Å²) in [5.41, 5.74) is 2.74. The third kappa shape index (κ3) is 3.36. The van der Waals surface area contributed by atoms with Gasteiger partial charge in [-0.3, -0.25) is 9.58 Å². The van der Waals surface area contributed by atoms with Gasteiger partial charge in [0.1, 0.15) is 0 Å². The van der Waals surface area contributed by atoms with Crippen LogP contribution in [-0.2, 0) is 13.6 Å². The van der Waals surface area contributed by atoms with E-state index in [4.69, 9.17) is 5.11 Å². The molecule has 0 bridgehead atoms. The van der Waals surface area contributed by atoms with Gasteiger partial charge in [0.15, 0.2) is 0 Å². The second-order valence-electron chi connectivity index (χ2n) is 6.03. The molecular weight excluding hydrogens is 278 g/mol. The van der Waals surface area contributed by atoms with Crippen molar-refractivity contribution in [3.63, 3.8) is 0 Å². The summed E-state index contributed by atoms with van der Waals surface area (Å²) in [6.07, 6.45) is 6.22. The fourth-order valence-corrected chi connectivity index (χ4v) is 3.21. The summed E-state index contributed by atoms with van der Waals surface area (Å²) < 4.78 is 1.83. The van der Waals surface area contributed by atoms with Gasteiger partial charge >= 0.3 is 5.97 Å². The number of hydrogen-bond donors (Lipinski definition) is 1. The summed E-state index contributed by atoms with van der Waals surface area (Å²) in [6, 6.07) is 7.37. The number of aromatic nitrogens is 2. The first-order chi connectivity index (χ1) is 10.6. The smallest absolute Gasteiger partial charge is 0.335 e. The number of hydrogen-bond acceptors (Lipinski definition) is 3. The van der Waals surface area contributed by atoms with Crippen molar-refractivity contribution in [2.75, 3.05) is 13.1 Å². The molecule has 0 aliphatic carbocycles. The largest absolute Gasteiger partial charge is 0.478 e. The topological polar surface area (TPSA) is 58.4 Å². The Morgan fingerprint density at radius 1 is 1.45 bits per heavy atom. The molecule has 1 unspecified atom stereocenters. The standard InChI is InChI=1S/C17H21N3O2/c1-19-10-13(9-18-19)11-20-7-3-6-16(12-20)14-4-2-5-15(8-14)17(21)22/h2,4-5,8-10,16H,3,6-7,11-12H2,1H3,(H,21,22). The molecule has 5 nitrogen and oxygen atoms in total. The van der Waals surface area contributed by atoms with Crippen LogP contribution in [0.4, 0.5) is 0 Å². The Morgan fingerprint density at radius 2 is 2.32 bits per heavy atom. The Morgan fingerprint density at radius 3 is 3.05 bits per heavy atom. The molecule has 1 N–H and O–H groups in total. The summed E-state index contributed by atoms with van der Waals surface area (Å²) in [5, 5.41) is 13.4. The van der Waals surface area contributed by atoms with Crippen molar-refractivity contribution in [1.29, 1.82) is 0 Å². The molecule has 22 heavy (non-hydrogen) atoms. The van der Waals surface area contributed by atoms with E-state index < -0.39 is 5.97 Å². The maximum Gasteiger partial charge on any atom is 0.335 e. The van der Waals surface area contributed by atoms with Crippen molar-refractivity contribution in [2.45, 2.75) is 25.3 Å². The first-order valence-corrected chi connectivity index (χ1v) is 7.65. The van der Waals surface area contributed by atoms with Gasteiger partial charge in [0.2, 0.25) is 0 Å². The van der Waals surface area contributed by atoms with Gasteiger partial charge in [-0.25, -0.2) is 4.79 Å². The Kier molecular flexibility index (Phi) is 4.24. The fourth-order valence-electron chi connectivity index (χ4n) is 3.21. The number of aromatic carboxylic acids is 1. The Balaban J connectivity index is 1.70. The minimum atomic E-state index is -0.857. The highest BCUT2D eigenvalue weighted by atomic mass is 16.4. The predicted octanol–water partition coefficient (Wildman–Crippen LogP) is 2.50. The fraction of sp³-hybridized carbons (Fsp3) is 0.412. The minimum absolute atomic E-state index is 0.377. The molecule has 0 amide bonds. The molecule has 3 rings (SSSR count). The second kappa shape index (κ2) is 6.32. The lowest BCUT2D eigenvalue weighted by Gasteiger charge is -2.32. The van der Waals surface area contributed by atoms with E-state index in [0.29, 0.717) is 11.5 Å². The van der Waals surface area contributed by atoms with Crippen LogP contribution in [-0.4, -0.2) is 38.8 Å². The Hall–Kier alpha value is -2.14. The number of piperidine rings is 1. The Bertz CT molecular complexity index is 665. The zero-order valence-electron chi connectivity index (χ0n) is 12.8. The quantitative estimate of drug-likeness (QED) is 0.942. The van der Waals surface area contributed by atoms with E-state index in [-0.39, 0.29) is 0 Å². The van der Waals surface area contributed by atoms with Crippen molar-refractivity contribution in [3.05, 3.63) is 53.3 Å². The van der Waals surface area contributed by atoms with Gasteiger partial charge in [-0.05, 0) is 43.0 Å². The highest BCUT2D eigenvalue weighted by molar-refractivity contribution is 5.87. The molecule has 1 aliphatic heterocycles. The summed E-state index contributed by atoms with van der Waals surface area (Å²) in [5.74, 6) is -0.449. The van der Waals surface area contributed by atoms with Crippen LogP contribution in [0.3, 0.4) is 0 Å². The zero-order chi connectivity index (χ0) is 15.5. The molecule has 1 aromatic heterocycles. The number of carboxylic acids is 1. The maximum atomic E-state index is 11.1. The van der Waals surface area contributed by atoms with Crippen LogP contribution in [0.5, 0.6) is 0 Å². The lowest BCUT2D eigenvalue weighted by atomic mass is 9.89. The van der Waals surface area contributed by atoms with Crippen molar-refractivity contribution in [1.82, 2.24) is 14.7 Å². The number of nitrogens with zero attached hydrogens (tertiary/aromatic N) is 3. The van der Waals surface area contributed by atoms with Crippen LogP contribution in [0, 0.1) is 0 Å². The molecule has 5 heteroatoms. The van der Waals surface area contributed by atoms with E-state index in [2.05, 4.69) is 16.2 Å². The Labute approximate surface area is 130 Å². The number of carboxylic acid groups (broad SMARTS) is 1. The van der Waals surface area contributed by atoms with Crippen molar-refractivity contribution in [3.8, 4) is 0 Å². The van der Waals surface area contributed by atoms with Crippen molar-refractivity contribution >= 4 is 5.97 Å². The molecule has 0 saturated carbocycles.